The lowest BCUT2D eigenvalue weighted by Gasteiger charge is -2.52. The molecule has 6 nitrogen and oxygen atoms in total. The summed E-state index contributed by atoms with van der Waals surface area (Å²) < 4.78 is 5.26. The van der Waals surface area contributed by atoms with Crippen molar-refractivity contribution < 1.29 is 19.1 Å². The van der Waals surface area contributed by atoms with Gasteiger partial charge in [0.15, 0.2) is 0 Å². The maximum Gasteiger partial charge on any atom is 0.311 e. The van der Waals surface area contributed by atoms with Gasteiger partial charge in [-0.25, -0.2) is 0 Å². The number of para-hydroxylation sites is 1. The van der Waals surface area contributed by atoms with Gasteiger partial charge in [-0.05, 0) is 42.2 Å². The van der Waals surface area contributed by atoms with Crippen molar-refractivity contribution in [2.24, 2.45) is 17.3 Å². The topological polar surface area (TPSA) is 66.9 Å². The van der Waals surface area contributed by atoms with E-state index in [1.807, 2.05) is 23.1 Å². The van der Waals surface area contributed by atoms with E-state index in [0.717, 1.165) is 37.0 Å². The van der Waals surface area contributed by atoms with E-state index in [4.69, 9.17) is 4.74 Å². The molecule has 2 saturated heterocycles. The van der Waals surface area contributed by atoms with E-state index in [1.54, 1.807) is 0 Å². The van der Waals surface area contributed by atoms with E-state index in [2.05, 4.69) is 17.9 Å². The lowest BCUT2D eigenvalue weighted by atomic mass is 9.56. The molecule has 146 valence electrons. The number of piperidine rings is 1. The van der Waals surface area contributed by atoms with Gasteiger partial charge in [-0.3, -0.25) is 14.4 Å². The smallest absolute Gasteiger partial charge is 0.311 e. The van der Waals surface area contributed by atoms with E-state index in [-0.39, 0.29) is 29.3 Å². The van der Waals surface area contributed by atoms with Crippen LogP contribution in [0.3, 0.4) is 0 Å². The van der Waals surface area contributed by atoms with Gasteiger partial charge in [0, 0.05) is 18.7 Å². The predicted octanol–water partition coefficient (Wildman–Crippen LogP) is 1.86. The molecule has 1 aromatic rings. The minimum Gasteiger partial charge on any atom is -0.469 e. The van der Waals surface area contributed by atoms with Crippen molar-refractivity contribution in [3.8, 4) is 0 Å². The Morgan fingerprint density at radius 2 is 2.11 bits per heavy atom. The fourth-order valence-corrected chi connectivity index (χ4v) is 8.65. The van der Waals surface area contributed by atoms with Gasteiger partial charge >= 0.3 is 5.97 Å². The normalized spacial score (nSPS) is 44.4. The second-order valence-electron chi connectivity index (χ2n) is 9.29. The summed E-state index contributed by atoms with van der Waals surface area (Å²) in [4.78, 5) is 42.7. The Balaban J connectivity index is 1.74. The lowest BCUT2D eigenvalue weighted by Crippen LogP contribution is -2.66. The Morgan fingerprint density at radius 1 is 1.32 bits per heavy atom. The summed E-state index contributed by atoms with van der Waals surface area (Å²) in [6, 6.07) is 8.01. The zero-order chi connectivity index (χ0) is 19.5. The Kier molecular flexibility index (Phi) is 2.83. The molecule has 1 aromatic carbocycles. The third-order valence-corrected chi connectivity index (χ3v) is 9.10. The quantitative estimate of drug-likeness (QED) is 0.580. The van der Waals surface area contributed by atoms with Gasteiger partial charge in [-0.2, -0.15) is 0 Å². The Hall–Kier alpha value is -2.37. The Bertz CT molecular complexity index is 946. The first-order chi connectivity index (χ1) is 13.5. The molecule has 6 heteroatoms. The number of carbonyl (C=O) groups excluding carboxylic acids is 3. The number of nitrogens with zero attached hydrogens (tertiary/aromatic N) is 2. The van der Waals surface area contributed by atoms with Gasteiger partial charge in [0.1, 0.15) is 0 Å². The molecule has 0 aromatic heterocycles. The molecule has 3 spiro atoms. The first-order valence-electron chi connectivity index (χ1n) is 10.2. The number of carbonyl (C=O) groups is 3. The zero-order valence-electron chi connectivity index (χ0n) is 16.2. The second-order valence-corrected chi connectivity index (χ2v) is 9.29. The van der Waals surface area contributed by atoms with Crippen molar-refractivity contribution in [1.29, 1.82) is 0 Å². The monoisotopic (exact) mass is 380 g/mol. The van der Waals surface area contributed by atoms with E-state index in [1.165, 1.54) is 7.11 Å². The minimum absolute atomic E-state index is 0.0586. The molecule has 6 rings (SSSR count). The molecule has 28 heavy (non-hydrogen) atoms. The van der Waals surface area contributed by atoms with Gasteiger partial charge in [0.2, 0.25) is 12.3 Å². The van der Waals surface area contributed by atoms with Crippen LogP contribution in [0.5, 0.6) is 0 Å². The summed E-state index contributed by atoms with van der Waals surface area (Å²) in [5.74, 6) is -0.383. The van der Waals surface area contributed by atoms with E-state index in [9.17, 15) is 14.4 Å². The number of fused-ring (bicyclic) bond motifs is 1. The number of benzene rings is 1. The number of hydrogen-bond acceptors (Lipinski definition) is 4. The highest BCUT2D eigenvalue weighted by Gasteiger charge is 2.89. The van der Waals surface area contributed by atoms with Gasteiger partial charge < -0.3 is 14.5 Å². The summed E-state index contributed by atoms with van der Waals surface area (Å²) in [6.07, 6.45) is 3.90. The molecule has 0 radical (unpaired) electrons. The first kappa shape index (κ1) is 16.6. The van der Waals surface area contributed by atoms with Crippen LogP contribution in [-0.2, 0) is 24.5 Å². The van der Waals surface area contributed by atoms with Crippen LogP contribution in [0.25, 0.3) is 0 Å². The van der Waals surface area contributed by atoms with Crippen molar-refractivity contribution in [3.63, 3.8) is 0 Å². The average molecular weight is 380 g/mol. The first-order valence-corrected chi connectivity index (χ1v) is 10.2. The summed E-state index contributed by atoms with van der Waals surface area (Å²) in [5, 5.41) is 0. The molecule has 2 saturated carbocycles. The highest BCUT2D eigenvalue weighted by Crippen LogP contribution is 2.81. The highest BCUT2D eigenvalue weighted by molar-refractivity contribution is 5.96. The van der Waals surface area contributed by atoms with Crippen LogP contribution in [0.2, 0.25) is 0 Å². The average Bonchev–Trinajstić information content (AvgIpc) is 3.31. The number of anilines is 1. The van der Waals surface area contributed by atoms with Gasteiger partial charge in [-0.15, -0.1) is 0 Å². The molecule has 2 aliphatic carbocycles. The number of amides is 2. The summed E-state index contributed by atoms with van der Waals surface area (Å²) in [6.45, 7) is 2.99. The number of methoxy groups -OCH3 is 1. The van der Waals surface area contributed by atoms with E-state index >= 15 is 0 Å². The lowest BCUT2D eigenvalue weighted by molar-refractivity contribution is -0.150. The van der Waals surface area contributed by atoms with Crippen LogP contribution >= 0.6 is 0 Å². The summed E-state index contributed by atoms with van der Waals surface area (Å²) in [5.41, 5.74) is 0.516. The molecule has 0 unspecified atom stereocenters. The van der Waals surface area contributed by atoms with Gasteiger partial charge in [0.25, 0.3) is 0 Å². The number of esters is 1. The van der Waals surface area contributed by atoms with Crippen molar-refractivity contribution in [1.82, 2.24) is 4.90 Å². The van der Waals surface area contributed by atoms with Crippen LogP contribution in [0.1, 0.15) is 38.2 Å². The Labute approximate surface area is 163 Å². The van der Waals surface area contributed by atoms with Crippen LogP contribution < -0.4 is 4.90 Å². The molecule has 0 N–H and O–H groups in total. The maximum absolute atomic E-state index is 13.2. The maximum atomic E-state index is 13.2. The second kappa shape index (κ2) is 4.78. The number of hydrogen-bond donors (Lipinski definition) is 0. The van der Waals surface area contributed by atoms with Gasteiger partial charge in [0.05, 0.1) is 30.0 Å². The molecular formula is C22H24N2O4. The van der Waals surface area contributed by atoms with Crippen molar-refractivity contribution >= 4 is 24.0 Å². The van der Waals surface area contributed by atoms with Gasteiger partial charge in [-0.1, -0.05) is 25.1 Å². The van der Waals surface area contributed by atoms with E-state index < -0.39 is 16.9 Å². The standard InChI is InChI=1S/C22H24N2O4/c1-13-20-8-5-9-23-17(26)11-21(19(20)23)14-6-3-4-7-16(14)24(12-25)22(13,21)15(10-20)18(27)28-2/h3-4,6-7,12-13,15,19H,5,8-11H2,1-2H3/t13-,15-,19+,20+,21-,22-/m1/s1. The zero-order valence-corrected chi connectivity index (χ0v) is 16.2. The van der Waals surface area contributed by atoms with Crippen molar-refractivity contribution in [3.05, 3.63) is 29.8 Å². The number of rotatable bonds is 2. The molecule has 2 amide bonds. The highest BCUT2D eigenvalue weighted by atomic mass is 16.5. The SMILES string of the molecule is COC(=O)[C@H]1C[C@@]23CCCN4C(=O)C[C@@]5(c6ccccc6N(C=O)[C@]15[C@@H]2C)[C@@H]43. The summed E-state index contributed by atoms with van der Waals surface area (Å²) in [7, 11) is 1.43. The largest absolute Gasteiger partial charge is 0.469 e. The predicted molar refractivity (Wildman–Crippen MR) is 100 cm³/mol. The Morgan fingerprint density at radius 3 is 2.86 bits per heavy atom. The molecule has 5 aliphatic rings. The molecule has 3 heterocycles. The molecule has 4 fully saturated rings. The minimum atomic E-state index is -0.731. The molecule has 6 atom stereocenters. The van der Waals surface area contributed by atoms with Crippen LogP contribution in [0, 0.1) is 17.3 Å². The molecular weight excluding hydrogens is 356 g/mol. The third-order valence-electron chi connectivity index (χ3n) is 9.10. The number of ether oxygens (including phenoxy) is 1. The van der Waals surface area contributed by atoms with Crippen molar-refractivity contribution in [2.45, 2.75) is 49.6 Å². The summed E-state index contributed by atoms with van der Waals surface area (Å²) >= 11 is 0. The van der Waals surface area contributed by atoms with Crippen molar-refractivity contribution in [2.75, 3.05) is 18.6 Å². The molecule has 2 bridgehead atoms. The molecule has 3 aliphatic heterocycles. The third kappa shape index (κ3) is 1.30. The van der Waals surface area contributed by atoms with Crippen LogP contribution in [0.4, 0.5) is 5.69 Å². The van der Waals surface area contributed by atoms with E-state index in [0.29, 0.717) is 12.8 Å². The van der Waals surface area contributed by atoms with Crippen LogP contribution in [-0.4, -0.2) is 48.4 Å². The fraction of sp³-hybridized carbons (Fsp3) is 0.591. The van der Waals surface area contributed by atoms with Crippen LogP contribution in [0.15, 0.2) is 24.3 Å². The fourth-order valence-electron chi connectivity index (χ4n) is 8.65.